The van der Waals surface area contributed by atoms with E-state index in [0.717, 1.165) is 11.1 Å². The summed E-state index contributed by atoms with van der Waals surface area (Å²) in [5, 5.41) is 14.0. The SMILES string of the molecule is CN1C(=O)/C(=C/c2ccccc2OCc2ccc(C(=O)[O-])cc2)NC1=S. The van der Waals surface area contributed by atoms with E-state index in [-0.39, 0.29) is 18.1 Å². The molecule has 1 saturated heterocycles. The number of ether oxygens (including phenoxy) is 1. The van der Waals surface area contributed by atoms with Crippen LogP contribution in [0.4, 0.5) is 0 Å². The Kier molecular flexibility index (Phi) is 4.99. The van der Waals surface area contributed by atoms with Crippen LogP contribution in [0.3, 0.4) is 0 Å². The van der Waals surface area contributed by atoms with Gasteiger partial charge >= 0.3 is 0 Å². The maximum absolute atomic E-state index is 12.1. The normalized spacial score (nSPS) is 15.3. The highest BCUT2D eigenvalue weighted by Gasteiger charge is 2.27. The molecule has 0 unspecified atom stereocenters. The first-order chi connectivity index (χ1) is 12.5. The molecule has 1 aliphatic heterocycles. The van der Waals surface area contributed by atoms with Crippen molar-refractivity contribution in [2.75, 3.05) is 7.05 Å². The number of carbonyl (C=O) groups excluding carboxylic acids is 2. The number of aromatic carboxylic acids is 1. The van der Waals surface area contributed by atoms with Gasteiger partial charge in [-0.2, -0.15) is 0 Å². The molecule has 1 fully saturated rings. The molecule has 6 nitrogen and oxygen atoms in total. The quantitative estimate of drug-likeness (QED) is 0.634. The second-order valence-electron chi connectivity index (χ2n) is 5.66. The lowest BCUT2D eigenvalue weighted by Crippen LogP contribution is -2.25. The van der Waals surface area contributed by atoms with Crippen molar-refractivity contribution in [2.24, 2.45) is 0 Å². The highest BCUT2D eigenvalue weighted by Crippen LogP contribution is 2.23. The highest BCUT2D eigenvalue weighted by molar-refractivity contribution is 7.80. The number of amides is 1. The third kappa shape index (κ3) is 3.73. The first-order valence-corrected chi connectivity index (χ1v) is 8.19. The zero-order valence-corrected chi connectivity index (χ0v) is 14.7. The molecule has 2 aromatic rings. The number of carbonyl (C=O) groups is 2. The minimum atomic E-state index is -1.22. The van der Waals surface area contributed by atoms with Gasteiger partial charge in [0.05, 0.1) is 5.97 Å². The fraction of sp³-hybridized carbons (Fsp3) is 0.105. The Bertz CT molecular complexity index is 906. The molecule has 2 aromatic carbocycles. The number of hydrogen-bond acceptors (Lipinski definition) is 5. The average molecular weight is 367 g/mol. The van der Waals surface area contributed by atoms with Crippen molar-refractivity contribution in [1.29, 1.82) is 0 Å². The van der Waals surface area contributed by atoms with Gasteiger partial charge in [0.2, 0.25) is 0 Å². The van der Waals surface area contributed by atoms with Crippen LogP contribution in [0.15, 0.2) is 54.2 Å². The van der Waals surface area contributed by atoms with Crippen molar-refractivity contribution in [3.63, 3.8) is 0 Å². The lowest BCUT2D eigenvalue weighted by atomic mass is 10.1. The average Bonchev–Trinajstić information content (AvgIpc) is 2.88. The molecule has 0 aliphatic carbocycles. The Morgan fingerprint density at radius 1 is 1.23 bits per heavy atom. The molecular weight excluding hydrogens is 352 g/mol. The zero-order chi connectivity index (χ0) is 18.7. The molecule has 0 radical (unpaired) electrons. The monoisotopic (exact) mass is 367 g/mol. The van der Waals surface area contributed by atoms with E-state index in [0.29, 0.717) is 16.6 Å². The van der Waals surface area contributed by atoms with Crippen molar-refractivity contribution < 1.29 is 19.4 Å². The van der Waals surface area contributed by atoms with Gasteiger partial charge in [0.15, 0.2) is 5.11 Å². The molecule has 0 saturated carbocycles. The first-order valence-electron chi connectivity index (χ1n) is 7.78. The lowest BCUT2D eigenvalue weighted by Gasteiger charge is -2.10. The number of rotatable bonds is 5. The zero-order valence-electron chi connectivity index (χ0n) is 13.9. The van der Waals surface area contributed by atoms with E-state index in [4.69, 9.17) is 17.0 Å². The van der Waals surface area contributed by atoms with Crippen LogP contribution in [0.25, 0.3) is 6.08 Å². The molecule has 26 heavy (non-hydrogen) atoms. The van der Waals surface area contributed by atoms with Gasteiger partial charge in [-0.25, -0.2) is 0 Å². The number of hydrogen-bond donors (Lipinski definition) is 1. The van der Waals surface area contributed by atoms with E-state index in [1.807, 2.05) is 18.2 Å². The van der Waals surface area contributed by atoms with Gasteiger partial charge < -0.3 is 20.0 Å². The molecule has 3 rings (SSSR count). The van der Waals surface area contributed by atoms with Gasteiger partial charge in [-0.15, -0.1) is 0 Å². The topological polar surface area (TPSA) is 81.7 Å². The summed E-state index contributed by atoms with van der Waals surface area (Å²) in [6.45, 7) is 0.257. The van der Waals surface area contributed by atoms with Crippen LogP contribution in [0, 0.1) is 0 Å². The van der Waals surface area contributed by atoms with E-state index in [1.165, 1.54) is 17.0 Å². The summed E-state index contributed by atoms with van der Waals surface area (Å²) in [6, 6.07) is 13.6. The molecule has 1 amide bonds. The van der Waals surface area contributed by atoms with Crippen LogP contribution >= 0.6 is 12.2 Å². The highest BCUT2D eigenvalue weighted by atomic mass is 32.1. The summed E-state index contributed by atoms with van der Waals surface area (Å²) in [6.07, 6.45) is 1.69. The van der Waals surface area contributed by atoms with Crippen LogP contribution in [-0.2, 0) is 11.4 Å². The number of carboxylic acids is 1. The smallest absolute Gasteiger partial charge is 0.276 e. The third-order valence-corrected chi connectivity index (χ3v) is 4.26. The Morgan fingerprint density at radius 3 is 2.54 bits per heavy atom. The number of likely N-dealkylation sites (N-methyl/N-ethyl adjacent to an activating group) is 1. The Labute approximate surface area is 155 Å². The molecule has 0 atom stereocenters. The maximum atomic E-state index is 12.1. The van der Waals surface area contributed by atoms with Gasteiger partial charge in [-0.3, -0.25) is 9.69 Å². The van der Waals surface area contributed by atoms with Crippen LogP contribution in [0.1, 0.15) is 21.5 Å². The molecule has 132 valence electrons. The van der Waals surface area contributed by atoms with Gasteiger partial charge in [0.1, 0.15) is 18.1 Å². The summed E-state index contributed by atoms with van der Waals surface area (Å²) in [4.78, 5) is 24.3. The number of benzene rings is 2. The molecule has 0 bridgehead atoms. The molecule has 1 aliphatic rings. The molecule has 1 N–H and O–H groups in total. The molecule has 0 aromatic heterocycles. The van der Waals surface area contributed by atoms with Crippen molar-refractivity contribution in [2.45, 2.75) is 6.61 Å². The second-order valence-corrected chi connectivity index (χ2v) is 6.05. The van der Waals surface area contributed by atoms with E-state index >= 15 is 0 Å². The summed E-state index contributed by atoms with van der Waals surface area (Å²) >= 11 is 5.06. The Hall–Kier alpha value is -3.19. The molecule has 0 spiro atoms. The summed E-state index contributed by atoms with van der Waals surface area (Å²) in [5.41, 5.74) is 2.04. The van der Waals surface area contributed by atoms with Crippen molar-refractivity contribution in [1.82, 2.24) is 10.2 Å². The van der Waals surface area contributed by atoms with Crippen molar-refractivity contribution in [3.05, 3.63) is 70.9 Å². The van der Waals surface area contributed by atoms with Crippen LogP contribution in [0.5, 0.6) is 5.75 Å². The number of thiocarbonyl (C=S) groups is 1. The fourth-order valence-electron chi connectivity index (χ4n) is 2.41. The number of carboxylic acid groups (broad SMARTS) is 1. The van der Waals surface area contributed by atoms with Gasteiger partial charge in [0, 0.05) is 12.6 Å². The van der Waals surface area contributed by atoms with Gasteiger partial charge in [-0.05, 0) is 35.5 Å². The number of para-hydroxylation sites is 1. The van der Waals surface area contributed by atoms with E-state index < -0.39 is 5.97 Å². The van der Waals surface area contributed by atoms with E-state index in [1.54, 1.807) is 31.3 Å². The van der Waals surface area contributed by atoms with Crippen LogP contribution in [-0.4, -0.2) is 28.9 Å². The van der Waals surface area contributed by atoms with Crippen LogP contribution < -0.4 is 15.2 Å². The molecular formula is C19H15N2O4S-. The summed E-state index contributed by atoms with van der Waals surface area (Å²) < 4.78 is 5.83. The first kappa shape index (κ1) is 17.6. The Balaban J connectivity index is 1.76. The van der Waals surface area contributed by atoms with Crippen molar-refractivity contribution in [3.8, 4) is 5.75 Å². The van der Waals surface area contributed by atoms with Gasteiger partial charge in [-0.1, -0.05) is 42.5 Å². The second kappa shape index (κ2) is 7.37. The maximum Gasteiger partial charge on any atom is 0.276 e. The predicted octanol–water partition coefficient (Wildman–Crippen LogP) is 1.32. The lowest BCUT2D eigenvalue weighted by molar-refractivity contribution is -0.255. The van der Waals surface area contributed by atoms with Crippen LogP contribution in [0.2, 0.25) is 0 Å². The minimum Gasteiger partial charge on any atom is -0.545 e. The Morgan fingerprint density at radius 2 is 1.92 bits per heavy atom. The third-order valence-electron chi connectivity index (χ3n) is 3.88. The summed E-state index contributed by atoms with van der Waals surface area (Å²) in [5.74, 6) is -0.826. The largest absolute Gasteiger partial charge is 0.545 e. The number of nitrogens with one attached hydrogen (secondary N) is 1. The predicted molar refractivity (Wildman–Crippen MR) is 98.0 cm³/mol. The minimum absolute atomic E-state index is 0.116. The molecule has 7 heteroatoms. The number of nitrogens with zero attached hydrogens (tertiary/aromatic N) is 1. The van der Waals surface area contributed by atoms with E-state index in [2.05, 4.69) is 5.32 Å². The molecule has 1 heterocycles. The summed E-state index contributed by atoms with van der Waals surface area (Å²) in [7, 11) is 1.61. The van der Waals surface area contributed by atoms with Crippen molar-refractivity contribution >= 4 is 35.3 Å². The van der Waals surface area contributed by atoms with E-state index in [9.17, 15) is 14.7 Å². The standard InChI is InChI=1S/C19H16N2O4S/c1-21-17(22)15(20-19(21)26)10-14-4-2-3-5-16(14)25-11-12-6-8-13(9-7-12)18(23)24/h2-10H,11H2,1H3,(H,20,26)(H,23,24)/p-1/b15-10-. The fourth-order valence-corrected chi connectivity index (χ4v) is 2.60. The van der Waals surface area contributed by atoms with Gasteiger partial charge in [0.25, 0.3) is 5.91 Å².